The van der Waals surface area contributed by atoms with Gasteiger partial charge in [0.2, 0.25) is 0 Å². The summed E-state index contributed by atoms with van der Waals surface area (Å²) in [5.41, 5.74) is 0. The molecule has 6 unspecified atom stereocenters. The molecule has 0 spiro atoms. The van der Waals surface area contributed by atoms with Gasteiger partial charge >= 0.3 is 13.8 Å². The summed E-state index contributed by atoms with van der Waals surface area (Å²) >= 11 is 0. The zero-order valence-electron chi connectivity index (χ0n) is 40.5. The van der Waals surface area contributed by atoms with E-state index in [4.69, 9.17) is 18.5 Å². The molecule has 0 bridgehead atoms. The van der Waals surface area contributed by atoms with Gasteiger partial charge in [0.25, 0.3) is 0 Å². The second-order valence-electron chi connectivity index (χ2n) is 17.6. The van der Waals surface area contributed by atoms with Gasteiger partial charge in [0, 0.05) is 13.0 Å². The number of esters is 1. The number of phosphoric ester groups is 1. The molecule has 0 heterocycles. The maximum atomic E-state index is 12.8. The molecule has 65 heavy (non-hydrogen) atoms. The number of aliphatic hydroxyl groups is 5. The molecule has 0 amide bonds. The van der Waals surface area contributed by atoms with E-state index in [1.54, 1.807) is 0 Å². The first-order chi connectivity index (χ1) is 31.5. The topological polar surface area (TPSA) is 192 Å². The molecule has 0 aromatic heterocycles. The van der Waals surface area contributed by atoms with E-state index < -0.39 is 63.1 Å². The van der Waals surface area contributed by atoms with E-state index in [0.29, 0.717) is 13.0 Å². The molecule has 1 aliphatic carbocycles. The van der Waals surface area contributed by atoms with Crippen molar-refractivity contribution in [2.24, 2.45) is 0 Å². The smallest absolute Gasteiger partial charge is 0.457 e. The number of carbonyl (C=O) groups is 1. The Balaban J connectivity index is 2.34. The lowest BCUT2D eigenvalue weighted by molar-refractivity contribution is -0.220. The van der Waals surface area contributed by atoms with Gasteiger partial charge in [0.1, 0.15) is 42.7 Å². The summed E-state index contributed by atoms with van der Waals surface area (Å²) < 4.78 is 34.3. The van der Waals surface area contributed by atoms with Gasteiger partial charge in [-0.2, -0.15) is 0 Å². The average molecular weight is 941 g/mol. The molecule has 13 heteroatoms. The molecule has 0 saturated heterocycles. The van der Waals surface area contributed by atoms with Crippen molar-refractivity contribution in [2.45, 2.75) is 243 Å². The summed E-state index contributed by atoms with van der Waals surface area (Å²) in [4.78, 5) is 23.2. The Morgan fingerprint density at radius 1 is 0.508 bits per heavy atom. The van der Waals surface area contributed by atoms with Gasteiger partial charge in [0.15, 0.2) is 0 Å². The van der Waals surface area contributed by atoms with Crippen LogP contribution < -0.4 is 0 Å². The van der Waals surface area contributed by atoms with Crippen molar-refractivity contribution in [1.82, 2.24) is 0 Å². The van der Waals surface area contributed by atoms with Crippen LogP contribution in [0.3, 0.4) is 0 Å². The van der Waals surface area contributed by atoms with Crippen LogP contribution in [0.5, 0.6) is 0 Å². The van der Waals surface area contributed by atoms with Gasteiger partial charge in [-0.3, -0.25) is 13.8 Å². The summed E-state index contributed by atoms with van der Waals surface area (Å²) in [6, 6.07) is 0. The molecule has 0 radical (unpaired) electrons. The molecule has 1 aliphatic rings. The molecule has 1 fully saturated rings. The molecule has 0 aliphatic heterocycles. The molecule has 1 saturated carbocycles. The standard InChI is InChI=1S/C52H93O12P/c1-3-5-7-9-11-13-15-17-19-20-21-22-23-24-25-26-27-29-31-33-35-37-39-41-46(53)63-45(44-62-65(59,60)64-52-50(57)48(55)47(54)49(56)51(52)58)43-61-42-40-38-36-34-32-30-28-18-16-14-12-10-8-6-4-2/h5,7,11,13,17,19,21-22,24-25,45,47-52,54-58H,3-4,6,8-10,12,14-16,18,20,23,26-44H2,1-2H3,(H,59,60)/b7-5-,13-11-,19-17-,22-21-,25-24-. The maximum absolute atomic E-state index is 12.8. The van der Waals surface area contributed by atoms with Crippen molar-refractivity contribution in [1.29, 1.82) is 0 Å². The predicted molar refractivity (Wildman–Crippen MR) is 262 cm³/mol. The summed E-state index contributed by atoms with van der Waals surface area (Å²) in [5, 5.41) is 50.3. The first-order valence-electron chi connectivity index (χ1n) is 25.6. The number of aliphatic hydroxyl groups excluding tert-OH is 5. The molecular weight excluding hydrogens is 848 g/mol. The van der Waals surface area contributed by atoms with Crippen LogP contribution in [0.2, 0.25) is 0 Å². The number of unbranched alkanes of at least 4 members (excludes halogenated alkanes) is 21. The second kappa shape index (κ2) is 42.2. The number of allylic oxidation sites excluding steroid dienone is 10. The summed E-state index contributed by atoms with van der Waals surface area (Å²) in [5.74, 6) is -0.488. The third kappa shape index (κ3) is 34.1. The number of hydrogen-bond acceptors (Lipinski definition) is 11. The minimum Gasteiger partial charge on any atom is -0.457 e. The summed E-state index contributed by atoms with van der Waals surface area (Å²) in [7, 11) is -5.03. The molecule has 12 nitrogen and oxygen atoms in total. The molecule has 6 N–H and O–H groups in total. The number of hydrogen-bond donors (Lipinski definition) is 6. The lowest BCUT2D eigenvalue weighted by Crippen LogP contribution is -2.64. The largest absolute Gasteiger partial charge is 0.472 e. The van der Waals surface area contributed by atoms with E-state index >= 15 is 0 Å². The number of rotatable bonds is 43. The summed E-state index contributed by atoms with van der Waals surface area (Å²) in [6.07, 6.45) is 41.4. The van der Waals surface area contributed by atoms with Crippen LogP contribution in [0, 0.1) is 0 Å². The Bertz CT molecular complexity index is 1300. The predicted octanol–water partition coefficient (Wildman–Crippen LogP) is 11.4. The molecule has 6 atom stereocenters. The van der Waals surface area contributed by atoms with Crippen molar-refractivity contribution in [3.63, 3.8) is 0 Å². The third-order valence-corrected chi connectivity index (χ3v) is 12.6. The lowest BCUT2D eigenvalue weighted by Gasteiger charge is -2.41. The van der Waals surface area contributed by atoms with E-state index in [2.05, 4.69) is 74.6 Å². The van der Waals surface area contributed by atoms with E-state index in [1.807, 2.05) is 0 Å². The highest BCUT2D eigenvalue weighted by molar-refractivity contribution is 7.47. The van der Waals surface area contributed by atoms with Gasteiger partial charge < -0.3 is 39.9 Å². The number of phosphoric acid groups is 1. The lowest BCUT2D eigenvalue weighted by atomic mass is 9.85. The summed E-state index contributed by atoms with van der Waals surface area (Å²) in [6.45, 7) is 4.15. The third-order valence-electron chi connectivity index (χ3n) is 11.7. The highest BCUT2D eigenvalue weighted by Crippen LogP contribution is 2.47. The highest BCUT2D eigenvalue weighted by atomic mass is 31.2. The Hall–Kier alpha value is -1.96. The van der Waals surface area contributed by atoms with Gasteiger partial charge in [0.05, 0.1) is 13.2 Å². The molecule has 0 aromatic rings. The second-order valence-corrected chi connectivity index (χ2v) is 19.1. The normalized spacial score (nSPS) is 22.0. The average Bonchev–Trinajstić information content (AvgIpc) is 3.29. The van der Waals surface area contributed by atoms with Gasteiger partial charge in [-0.15, -0.1) is 0 Å². The fourth-order valence-electron chi connectivity index (χ4n) is 7.62. The van der Waals surface area contributed by atoms with Crippen LogP contribution >= 0.6 is 7.82 Å². The Labute approximate surface area is 394 Å². The quantitative estimate of drug-likeness (QED) is 0.0147. The zero-order valence-corrected chi connectivity index (χ0v) is 41.4. The van der Waals surface area contributed by atoms with Crippen molar-refractivity contribution in [3.8, 4) is 0 Å². The number of carbonyl (C=O) groups excluding carboxylic acids is 1. The fourth-order valence-corrected chi connectivity index (χ4v) is 8.59. The van der Waals surface area contributed by atoms with Crippen LogP contribution in [-0.2, 0) is 27.9 Å². The van der Waals surface area contributed by atoms with Crippen LogP contribution in [0.15, 0.2) is 60.8 Å². The van der Waals surface area contributed by atoms with Crippen molar-refractivity contribution in [2.75, 3.05) is 19.8 Å². The Morgan fingerprint density at radius 2 is 0.908 bits per heavy atom. The SMILES string of the molecule is CC/C=C\C/C=C\C/C=C\C/C=C\C/C=C\CCCCCCCCCC(=O)OC(COCCCCCCCCCCCCCCCCC)COP(=O)(O)OC1C(O)C(O)C(O)C(O)C1O. The zero-order chi connectivity index (χ0) is 47.6. The molecule has 0 aromatic carbocycles. The fraction of sp³-hybridized carbons (Fsp3) is 0.788. The van der Waals surface area contributed by atoms with Crippen LogP contribution in [-0.4, -0.2) is 98.9 Å². The van der Waals surface area contributed by atoms with E-state index in [1.165, 1.54) is 77.0 Å². The molecular formula is C52H93O12P. The van der Waals surface area contributed by atoms with E-state index in [0.717, 1.165) is 96.3 Å². The maximum Gasteiger partial charge on any atom is 0.472 e. The highest BCUT2D eigenvalue weighted by Gasteiger charge is 2.51. The van der Waals surface area contributed by atoms with Crippen LogP contribution in [0.4, 0.5) is 0 Å². The van der Waals surface area contributed by atoms with Gasteiger partial charge in [-0.25, -0.2) is 4.57 Å². The van der Waals surface area contributed by atoms with E-state index in [-0.39, 0.29) is 13.0 Å². The molecule has 1 rings (SSSR count). The Kier molecular flexibility index (Phi) is 39.6. The van der Waals surface area contributed by atoms with Crippen molar-refractivity contribution >= 4 is 13.8 Å². The Morgan fingerprint density at radius 3 is 1.38 bits per heavy atom. The molecule has 378 valence electrons. The van der Waals surface area contributed by atoms with Gasteiger partial charge in [-0.05, 0) is 57.8 Å². The minimum absolute atomic E-state index is 0.0811. The monoisotopic (exact) mass is 941 g/mol. The van der Waals surface area contributed by atoms with Crippen LogP contribution in [0.25, 0.3) is 0 Å². The van der Waals surface area contributed by atoms with Gasteiger partial charge in [-0.1, -0.05) is 197 Å². The van der Waals surface area contributed by atoms with Crippen LogP contribution in [0.1, 0.15) is 200 Å². The van der Waals surface area contributed by atoms with E-state index in [9.17, 15) is 39.8 Å². The first kappa shape index (κ1) is 61.1. The van der Waals surface area contributed by atoms with Crippen molar-refractivity contribution < 1.29 is 58.3 Å². The number of ether oxygens (including phenoxy) is 2. The van der Waals surface area contributed by atoms with Crippen molar-refractivity contribution in [3.05, 3.63) is 60.8 Å². The minimum atomic E-state index is -5.03. The first-order valence-corrected chi connectivity index (χ1v) is 27.1.